The third kappa shape index (κ3) is 7.81. The summed E-state index contributed by atoms with van der Waals surface area (Å²) >= 11 is 0. The van der Waals surface area contributed by atoms with E-state index in [0.29, 0.717) is 0 Å². The number of benzene rings is 8. The molecule has 2 unspecified atom stereocenters. The Balaban J connectivity index is 1.05. The number of hydrogen-bond acceptors (Lipinski definition) is 2. The molecular formula is C63H56N3+. The second kappa shape index (κ2) is 18.0. The van der Waals surface area contributed by atoms with Gasteiger partial charge >= 0.3 is 0 Å². The van der Waals surface area contributed by atoms with Crippen LogP contribution in [0.3, 0.4) is 0 Å². The SMILES string of the molecule is CN1/C(=C/C=C/C=C(/C=C/C=C/C2=[N+](C)c3ccc4ccccc4c3C2(C)Cc2ccccc2)N(c2ccccc2)c2ccccc2)C(C)(Cc2ccccc2)c2c1ccc1ccccc21. The Morgan fingerprint density at radius 1 is 0.530 bits per heavy atom. The molecule has 2 aliphatic heterocycles. The number of likely N-dealkylation sites (N-methyl/N-ethyl adjacent to an activating group) is 1. The van der Waals surface area contributed by atoms with Crippen molar-refractivity contribution in [2.24, 2.45) is 0 Å². The van der Waals surface area contributed by atoms with Crippen molar-refractivity contribution >= 4 is 50.0 Å². The predicted octanol–water partition coefficient (Wildman–Crippen LogP) is 15.1. The molecule has 0 aliphatic carbocycles. The van der Waals surface area contributed by atoms with E-state index >= 15 is 0 Å². The van der Waals surface area contributed by atoms with Crippen LogP contribution >= 0.6 is 0 Å². The molecule has 3 nitrogen and oxygen atoms in total. The molecule has 0 radical (unpaired) electrons. The lowest BCUT2D eigenvalue weighted by atomic mass is 9.73. The largest absolute Gasteiger partial charge is 0.347 e. The lowest BCUT2D eigenvalue weighted by Gasteiger charge is -2.29. The van der Waals surface area contributed by atoms with Gasteiger partial charge in [0.2, 0.25) is 5.69 Å². The summed E-state index contributed by atoms with van der Waals surface area (Å²) in [5.74, 6) is 0. The average Bonchev–Trinajstić information content (AvgIpc) is 3.70. The summed E-state index contributed by atoms with van der Waals surface area (Å²) in [5.41, 5.74) is 13.2. The molecule has 2 aliphatic rings. The molecule has 0 fully saturated rings. The van der Waals surface area contributed by atoms with Crippen LogP contribution in [-0.2, 0) is 23.7 Å². The Hall–Kier alpha value is -7.75. The highest BCUT2D eigenvalue weighted by Crippen LogP contribution is 2.52. The molecule has 10 rings (SSSR count). The quantitative estimate of drug-likeness (QED) is 0.0895. The third-order valence-electron chi connectivity index (χ3n) is 13.8. The van der Waals surface area contributed by atoms with Crippen LogP contribution in [-0.4, -0.2) is 24.4 Å². The zero-order valence-corrected chi connectivity index (χ0v) is 38.3. The molecule has 0 bridgehead atoms. The Morgan fingerprint density at radius 3 is 1.65 bits per heavy atom. The maximum atomic E-state index is 2.42. The fourth-order valence-corrected chi connectivity index (χ4v) is 10.9. The normalized spacial score (nSPS) is 19.0. The van der Waals surface area contributed by atoms with Gasteiger partial charge in [-0.15, -0.1) is 0 Å². The van der Waals surface area contributed by atoms with E-state index in [1.54, 1.807) is 0 Å². The van der Waals surface area contributed by atoms with E-state index in [1.807, 2.05) is 0 Å². The topological polar surface area (TPSA) is 9.49 Å². The van der Waals surface area contributed by atoms with Gasteiger partial charge in [-0.1, -0.05) is 176 Å². The summed E-state index contributed by atoms with van der Waals surface area (Å²) < 4.78 is 2.40. The molecule has 0 saturated carbocycles. The number of allylic oxidation sites excluding steroid dienone is 9. The highest BCUT2D eigenvalue weighted by molar-refractivity contribution is 6.08. The van der Waals surface area contributed by atoms with E-state index < -0.39 is 0 Å². The summed E-state index contributed by atoms with van der Waals surface area (Å²) in [6.45, 7) is 4.84. The van der Waals surface area contributed by atoms with Gasteiger partial charge in [-0.25, -0.2) is 0 Å². The Kier molecular flexibility index (Phi) is 11.5. The molecule has 2 heterocycles. The van der Waals surface area contributed by atoms with Crippen molar-refractivity contribution in [3.8, 4) is 0 Å². The molecule has 0 aromatic heterocycles. The van der Waals surface area contributed by atoms with Gasteiger partial charge in [0.15, 0.2) is 5.71 Å². The first-order valence-electron chi connectivity index (χ1n) is 23.1. The average molecular weight is 855 g/mol. The van der Waals surface area contributed by atoms with Crippen molar-refractivity contribution in [3.05, 3.63) is 276 Å². The number of fused-ring (bicyclic) bond motifs is 6. The van der Waals surface area contributed by atoms with E-state index in [9.17, 15) is 0 Å². The minimum atomic E-state index is -0.250. The van der Waals surface area contributed by atoms with Crippen molar-refractivity contribution in [3.63, 3.8) is 0 Å². The first-order valence-corrected chi connectivity index (χ1v) is 23.1. The number of para-hydroxylation sites is 2. The van der Waals surface area contributed by atoms with Gasteiger partial charge < -0.3 is 9.80 Å². The minimum absolute atomic E-state index is 0.250. The number of hydrogen-bond donors (Lipinski definition) is 0. The molecule has 2 atom stereocenters. The smallest absolute Gasteiger partial charge is 0.210 e. The standard InChI is InChI=1S/C63H56N3/c1-62(45-47-25-9-5-10-26-47)58(64(3)56-43-41-49-29-17-21-37-54(49)60(56)62)39-23-19-35-53(66(51-31-13-7-14-32-51)52-33-15-8-16-34-52)36-20-24-40-59-63(2,46-48-27-11-6-12-28-48)61-55-38-22-18-30-50(55)42-44-57(61)65(59)4/h5-44H,45-46H2,1-4H3/q+1. The maximum Gasteiger partial charge on any atom is 0.210 e. The summed E-state index contributed by atoms with van der Waals surface area (Å²) in [6.07, 6.45) is 19.8. The van der Waals surface area contributed by atoms with Gasteiger partial charge in [0.25, 0.3) is 0 Å². The second-order valence-corrected chi connectivity index (χ2v) is 18.1. The van der Waals surface area contributed by atoms with Crippen molar-refractivity contribution < 1.29 is 4.58 Å². The van der Waals surface area contributed by atoms with Crippen molar-refractivity contribution in [2.75, 3.05) is 23.9 Å². The van der Waals surface area contributed by atoms with Crippen LogP contribution in [0.4, 0.5) is 22.7 Å². The monoisotopic (exact) mass is 854 g/mol. The number of anilines is 3. The summed E-state index contributed by atoms with van der Waals surface area (Å²) in [4.78, 5) is 4.73. The highest BCUT2D eigenvalue weighted by atomic mass is 15.2. The molecule has 0 N–H and O–H groups in total. The fourth-order valence-electron chi connectivity index (χ4n) is 10.9. The molecule has 0 spiro atoms. The Morgan fingerprint density at radius 2 is 1.05 bits per heavy atom. The van der Waals surface area contributed by atoms with Crippen molar-refractivity contribution in [1.29, 1.82) is 0 Å². The van der Waals surface area contributed by atoms with Crippen LogP contribution in [0.1, 0.15) is 36.1 Å². The van der Waals surface area contributed by atoms with E-state index in [2.05, 4.69) is 285 Å². The van der Waals surface area contributed by atoms with Crippen molar-refractivity contribution in [1.82, 2.24) is 0 Å². The van der Waals surface area contributed by atoms with Crippen molar-refractivity contribution in [2.45, 2.75) is 37.5 Å². The number of nitrogens with zero attached hydrogens (tertiary/aromatic N) is 3. The van der Waals surface area contributed by atoms with Gasteiger partial charge in [0, 0.05) is 58.6 Å². The van der Waals surface area contributed by atoms with Crippen LogP contribution in [0.25, 0.3) is 21.5 Å². The second-order valence-electron chi connectivity index (χ2n) is 18.1. The first-order chi connectivity index (χ1) is 32.3. The van der Waals surface area contributed by atoms with Gasteiger partial charge in [0.05, 0.1) is 5.41 Å². The predicted molar refractivity (Wildman–Crippen MR) is 281 cm³/mol. The van der Waals surface area contributed by atoms with Gasteiger partial charge in [-0.05, 0) is 120 Å². The van der Waals surface area contributed by atoms with Crippen LogP contribution in [0.2, 0.25) is 0 Å². The Bertz CT molecular complexity index is 3190. The van der Waals surface area contributed by atoms with Gasteiger partial charge in [0.1, 0.15) is 7.05 Å². The van der Waals surface area contributed by atoms with Crippen LogP contribution in [0, 0.1) is 0 Å². The van der Waals surface area contributed by atoms with E-state index in [1.165, 1.54) is 66.6 Å². The fraction of sp³-hybridized carbons (Fsp3) is 0.127. The Labute approximate surface area is 390 Å². The highest BCUT2D eigenvalue weighted by Gasteiger charge is 2.48. The van der Waals surface area contributed by atoms with E-state index in [4.69, 9.17) is 0 Å². The summed E-state index contributed by atoms with van der Waals surface area (Å²) in [5, 5.41) is 5.17. The van der Waals surface area contributed by atoms with Gasteiger partial charge in [-0.3, -0.25) is 0 Å². The first kappa shape index (κ1) is 42.2. The molecule has 0 saturated heterocycles. The van der Waals surface area contributed by atoms with Crippen LogP contribution in [0.5, 0.6) is 0 Å². The van der Waals surface area contributed by atoms with E-state index in [-0.39, 0.29) is 10.8 Å². The summed E-state index contributed by atoms with van der Waals surface area (Å²) in [7, 11) is 4.44. The summed E-state index contributed by atoms with van der Waals surface area (Å²) in [6, 6.07) is 69.9. The molecule has 66 heavy (non-hydrogen) atoms. The van der Waals surface area contributed by atoms with Gasteiger partial charge in [-0.2, -0.15) is 4.58 Å². The lowest BCUT2D eigenvalue weighted by molar-refractivity contribution is -0.401. The minimum Gasteiger partial charge on any atom is -0.347 e. The molecule has 3 heteroatoms. The molecular weight excluding hydrogens is 799 g/mol. The third-order valence-corrected chi connectivity index (χ3v) is 13.8. The maximum absolute atomic E-state index is 2.42. The van der Waals surface area contributed by atoms with E-state index in [0.717, 1.165) is 29.9 Å². The zero-order chi connectivity index (χ0) is 45.1. The zero-order valence-electron chi connectivity index (χ0n) is 38.3. The van der Waals surface area contributed by atoms with Crippen LogP contribution < -0.4 is 9.80 Å². The molecule has 8 aromatic carbocycles. The molecule has 0 amide bonds. The number of rotatable bonds is 12. The molecule has 322 valence electrons. The van der Waals surface area contributed by atoms with Crippen LogP contribution in [0.15, 0.2) is 254 Å². The lowest BCUT2D eigenvalue weighted by Crippen LogP contribution is -2.33. The molecule has 8 aromatic rings.